The Bertz CT molecular complexity index is 818. The SMILES string of the molecule is Cc1ccc2oc(C(=O)c3ccc(Cl)cc3Cl)cc2c1. The number of halogens is 2. The minimum absolute atomic E-state index is 0.250. The van der Waals surface area contributed by atoms with E-state index in [1.54, 1.807) is 24.3 Å². The van der Waals surface area contributed by atoms with Gasteiger partial charge in [-0.2, -0.15) is 0 Å². The third-order valence-electron chi connectivity index (χ3n) is 3.07. The van der Waals surface area contributed by atoms with E-state index in [1.807, 2.05) is 25.1 Å². The van der Waals surface area contributed by atoms with Crippen LogP contribution in [0.2, 0.25) is 10.0 Å². The molecule has 3 aromatic rings. The number of carbonyl (C=O) groups excluding carboxylic acids is 1. The summed E-state index contributed by atoms with van der Waals surface area (Å²) in [5.74, 6) is 0.0235. The lowest BCUT2D eigenvalue weighted by Crippen LogP contribution is -2.00. The lowest BCUT2D eigenvalue weighted by molar-refractivity contribution is 0.101. The summed E-state index contributed by atoms with van der Waals surface area (Å²) < 4.78 is 5.58. The van der Waals surface area contributed by atoms with Crippen molar-refractivity contribution >= 4 is 40.0 Å². The Morgan fingerprint density at radius 2 is 1.85 bits per heavy atom. The molecule has 4 heteroatoms. The molecular formula is C16H10Cl2O2. The summed E-state index contributed by atoms with van der Waals surface area (Å²) in [4.78, 5) is 12.4. The first-order valence-electron chi connectivity index (χ1n) is 6.04. The summed E-state index contributed by atoms with van der Waals surface area (Å²) in [7, 11) is 0. The van der Waals surface area contributed by atoms with Gasteiger partial charge in [-0.1, -0.05) is 34.8 Å². The van der Waals surface area contributed by atoms with E-state index in [0.29, 0.717) is 21.2 Å². The van der Waals surface area contributed by atoms with Crippen molar-refractivity contribution in [2.75, 3.05) is 0 Å². The standard InChI is InChI=1S/C16H10Cl2O2/c1-9-2-5-14-10(6-9)7-15(20-14)16(19)12-4-3-11(17)8-13(12)18/h2-8H,1H3. The van der Waals surface area contributed by atoms with E-state index in [0.717, 1.165) is 10.9 Å². The molecule has 20 heavy (non-hydrogen) atoms. The molecule has 0 saturated heterocycles. The van der Waals surface area contributed by atoms with Gasteiger partial charge in [-0.15, -0.1) is 0 Å². The first kappa shape index (κ1) is 13.2. The molecule has 2 nitrogen and oxygen atoms in total. The average molecular weight is 305 g/mol. The molecule has 0 aliphatic rings. The Morgan fingerprint density at radius 1 is 1.05 bits per heavy atom. The summed E-state index contributed by atoms with van der Waals surface area (Å²) in [6.45, 7) is 1.99. The molecule has 0 aliphatic heterocycles. The van der Waals surface area contributed by atoms with Crippen molar-refractivity contribution in [1.82, 2.24) is 0 Å². The van der Waals surface area contributed by atoms with Gasteiger partial charge in [-0.3, -0.25) is 4.79 Å². The number of benzene rings is 2. The number of furan rings is 1. The normalized spacial score (nSPS) is 10.9. The van der Waals surface area contributed by atoms with Crippen LogP contribution < -0.4 is 0 Å². The zero-order valence-electron chi connectivity index (χ0n) is 10.6. The van der Waals surface area contributed by atoms with Gasteiger partial charge in [-0.25, -0.2) is 0 Å². The zero-order chi connectivity index (χ0) is 14.3. The van der Waals surface area contributed by atoms with Crippen LogP contribution in [0.4, 0.5) is 0 Å². The highest BCUT2D eigenvalue weighted by atomic mass is 35.5. The van der Waals surface area contributed by atoms with Crippen LogP contribution in [0.15, 0.2) is 46.9 Å². The molecule has 0 N–H and O–H groups in total. The van der Waals surface area contributed by atoms with E-state index in [2.05, 4.69) is 0 Å². The van der Waals surface area contributed by atoms with Gasteiger partial charge in [0.2, 0.25) is 5.78 Å². The molecule has 0 aliphatic carbocycles. The Hall–Kier alpha value is -1.77. The highest BCUT2D eigenvalue weighted by molar-refractivity contribution is 6.37. The van der Waals surface area contributed by atoms with Crippen molar-refractivity contribution < 1.29 is 9.21 Å². The third kappa shape index (κ3) is 2.33. The fourth-order valence-electron chi connectivity index (χ4n) is 2.08. The number of rotatable bonds is 2. The Kier molecular flexibility index (Phi) is 3.28. The largest absolute Gasteiger partial charge is 0.453 e. The second-order valence-corrected chi connectivity index (χ2v) is 5.45. The van der Waals surface area contributed by atoms with Crippen LogP contribution in [0, 0.1) is 6.92 Å². The van der Waals surface area contributed by atoms with Crippen LogP contribution in [0.1, 0.15) is 21.7 Å². The van der Waals surface area contributed by atoms with Crippen LogP contribution in [-0.2, 0) is 0 Å². The number of hydrogen-bond acceptors (Lipinski definition) is 2. The summed E-state index contributed by atoms with van der Waals surface area (Å²) in [5, 5.41) is 1.71. The first-order chi connectivity index (χ1) is 9.54. The highest BCUT2D eigenvalue weighted by Gasteiger charge is 2.17. The van der Waals surface area contributed by atoms with Gasteiger partial charge in [0.15, 0.2) is 5.76 Å². The van der Waals surface area contributed by atoms with Crippen molar-refractivity contribution in [1.29, 1.82) is 0 Å². The molecule has 0 spiro atoms. The highest BCUT2D eigenvalue weighted by Crippen LogP contribution is 2.27. The maximum Gasteiger partial charge on any atom is 0.229 e. The molecule has 1 heterocycles. The smallest absolute Gasteiger partial charge is 0.229 e. The Labute approximate surface area is 125 Å². The van der Waals surface area contributed by atoms with Gasteiger partial charge >= 0.3 is 0 Å². The molecule has 0 radical (unpaired) electrons. The maximum absolute atomic E-state index is 12.4. The van der Waals surface area contributed by atoms with Crippen molar-refractivity contribution in [3.05, 3.63) is 69.4 Å². The number of fused-ring (bicyclic) bond motifs is 1. The Morgan fingerprint density at radius 3 is 2.60 bits per heavy atom. The number of aryl methyl sites for hydroxylation is 1. The maximum atomic E-state index is 12.4. The van der Waals surface area contributed by atoms with Crippen LogP contribution in [-0.4, -0.2) is 5.78 Å². The summed E-state index contributed by atoms with van der Waals surface area (Å²) in [5.41, 5.74) is 2.18. The van der Waals surface area contributed by atoms with Gasteiger partial charge in [0.05, 0.1) is 5.02 Å². The van der Waals surface area contributed by atoms with Crippen LogP contribution in [0.3, 0.4) is 0 Å². The molecule has 2 aromatic carbocycles. The molecule has 0 amide bonds. The fourth-order valence-corrected chi connectivity index (χ4v) is 2.58. The van der Waals surface area contributed by atoms with Crippen LogP contribution in [0.25, 0.3) is 11.0 Å². The average Bonchev–Trinajstić information content (AvgIpc) is 2.81. The predicted octanol–water partition coefficient (Wildman–Crippen LogP) is 5.28. The molecule has 3 rings (SSSR count). The van der Waals surface area contributed by atoms with Crippen molar-refractivity contribution in [2.45, 2.75) is 6.92 Å². The summed E-state index contributed by atoms with van der Waals surface area (Å²) in [6, 6.07) is 12.3. The number of carbonyl (C=O) groups is 1. The molecule has 0 bridgehead atoms. The number of hydrogen-bond donors (Lipinski definition) is 0. The van der Waals surface area contributed by atoms with Crippen molar-refractivity contribution in [2.24, 2.45) is 0 Å². The topological polar surface area (TPSA) is 30.2 Å². The first-order valence-corrected chi connectivity index (χ1v) is 6.80. The van der Waals surface area contributed by atoms with Gasteiger partial charge in [-0.05, 0) is 43.3 Å². The second kappa shape index (κ2) is 4.97. The zero-order valence-corrected chi connectivity index (χ0v) is 12.1. The van der Waals surface area contributed by atoms with E-state index in [4.69, 9.17) is 27.6 Å². The molecule has 1 aromatic heterocycles. The van der Waals surface area contributed by atoms with E-state index in [1.165, 1.54) is 0 Å². The molecule has 0 unspecified atom stereocenters. The Balaban J connectivity index is 2.08. The van der Waals surface area contributed by atoms with E-state index < -0.39 is 0 Å². The molecule has 100 valence electrons. The van der Waals surface area contributed by atoms with Gasteiger partial charge in [0, 0.05) is 16.0 Å². The molecule has 0 atom stereocenters. The van der Waals surface area contributed by atoms with Gasteiger partial charge < -0.3 is 4.42 Å². The minimum Gasteiger partial charge on any atom is -0.453 e. The molecular weight excluding hydrogens is 295 g/mol. The van der Waals surface area contributed by atoms with E-state index in [-0.39, 0.29) is 11.5 Å². The van der Waals surface area contributed by atoms with E-state index in [9.17, 15) is 4.79 Å². The fraction of sp³-hybridized carbons (Fsp3) is 0.0625. The summed E-state index contributed by atoms with van der Waals surface area (Å²) >= 11 is 11.9. The minimum atomic E-state index is -0.250. The van der Waals surface area contributed by atoms with Crippen LogP contribution in [0.5, 0.6) is 0 Å². The van der Waals surface area contributed by atoms with Gasteiger partial charge in [0.25, 0.3) is 0 Å². The lowest BCUT2D eigenvalue weighted by Gasteiger charge is -2.01. The summed E-state index contributed by atoms with van der Waals surface area (Å²) in [6.07, 6.45) is 0. The van der Waals surface area contributed by atoms with Crippen molar-refractivity contribution in [3.8, 4) is 0 Å². The predicted molar refractivity (Wildman–Crippen MR) is 80.8 cm³/mol. The second-order valence-electron chi connectivity index (χ2n) is 4.61. The quantitative estimate of drug-likeness (QED) is 0.603. The van der Waals surface area contributed by atoms with Crippen LogP contribution >= 0.6 is 23.2 Å². The third-order valence-corrected chi connectivity index (χ3v) is 3.62. The monoisotopic (exact) mass is 304 g/mol. The molecule has 0 saturated carbocycles. The van der Waals surface area contributed by atoms with E-state index >= 15 is 0 Å². The number of ketones is 1. The van der Waals surface area contributed by atoms with Crippen molar-refractivity contribution in [3.63, 3.8) is 0 Å². The molecule has 0 fully saturated rings. The van der Waals surface area contributed by atoms with Gasteiger partial charge in [0.1, 0.15) is 5.58 Å². The lowest BCUT2D eigenvalue weighted by atomic mass is 10.1.